The topological polar surface area (TPSA) is 29.5 Å². The molecule has 1 aromatic carbocycles. The molecule has 0 bridgehead atoms. The lowest BCUT2D eigenvalue weighted by molar-refractivity contribution is -0.157. The van der Waals surface area contributed by atoms with E-state index < -0.39 is 6.10 Å². The van der Waals surface area contributed by atoms with Gasteiger partial charge in [-0.05, 0) is 50.2 Å². The summed E-state index contributed by atoms with van der Waals surface area (Å²) in [6, 6.07) is 5.37. The van der Waals surface area contributed by atoms with E-state index in [4.69, 9.17) is 27.9 Å². The fourth-order valence-corrected chi connectivity index (χ4v) is 3.90. The molecule has 2 nitrogen and oxygen atoms in total. The zero-order chi connectivity index (χ0) is 13.5. The molecule has 1 aliphatic heterocycles. The summed E-state index contributed by atoms with van der Waals surface area (Å²) in [6.07, 6.45) is 4.65. The van der Waals surface area contributed by atoms with Crippen molar-refractivity contribution in [3.8, 4) is 0 Å². The van der Waals surface area contributed by atoms with E-state index >= 15 is 0 Å². The molecule has 1 aliphatic carbocycles. The summed E-state index contributed by atoms with van der Waals surface area (Å²) in [6.45, 7) is 0.726. The van der Waals surface area contributed by atoms with Crippen molar-refractivity contribution in [1.82, 2.24) is 0 Å². The van der Waals surface area contributed by atoms with E-state index in [1.165, 1.54) is 6.42 Å². The van der Waals surface area contributed by atoms with Crippen molar-refractivity contribution < 1.29 is 9.84 Å². The maximum atomic E-state index is 10.6. The number of hydrogen-bond donors (Lipinski definition) is 1. The van der Waals surface area contributed by atoms with Crippen LogP contribution in [0.2, 0.25) is 10.0 Å². The molecule has 1 N–H and O–H groups in total. The Hall–Kier alpha value is -0.280. The standard InChI is InChI=1S/C15H18Cl2O2/c16-11-3-1-4-12(17)13(11)14(18)10-5-8-19-15(9-10)6-2-7-15/h1,3-4,10,14,18H,2,5-9H2. The maximum absolute atomic E-state index is 10.6. The molecule has 4 heteroatoms. The van der Waals surface area contributed by atoms with Crippen LogP contribution in [0.5, 0.6) is 0 Å². The van der Waals surface area contributed by atoms with Gasteiger partial charge >= 0.3 is 0 Å². The monoisotopic (exact) mass is 300 g/mol. The minimum atomic E-state index is -0.595. The first-order valence-corrected chi connectivity index (χ1v) is 7.63. The molecule has 0 radical (unpaired) electrons. The Kier molecular flexibility index (Phi) is 3.78. The van der Waals surface area contributed by atoms with E-state index in [0.29, 0.717) is 15.6 Å². The molecule has 19 heavy (non-hydrogen) atoms. The van der Waals surface area contributed by atoms with Crippen molar-refractivity contribution in [3.05, 3.63) is 33.8 Å². The van der Waals surface area contributed by atoms with E-state index in [2.05, 4.69) is 0 Å². The molecular formula is C15H18Cl2O2. The lowest BCUT2D eigenvalue weighted by Crippen LogP contribution is -2.46. The van der Waals surface area contributed by atoms with E-state index in [1.807, 2.05) is 0 Å². The predicted molar refractivity (Wildman–Crippen MR) is 76.7 cm³/mol. The number of hydrogen-bond acceptors (Lipinski definition) is 2. The van der Waals surface area contributed by atoms with Crippen LogP contribution in [0.4, 0.5) is 0 Å². The van der Waals surface area contributed by atoms with Gasteiger partial charge in [-0.15, -0.1) is 0 Å². The molecule has 1 spiro atoms. The highest BCUT2D eigenvalue weighted by atomic mass is 35.5. The van der Waals surface area contributed by atoms with Crippen LogP contribution in [0.25, 0.3) is 0 Å². The summed E-state index contributed by atoms with van der Waals surface area (Å²) in [4.78, 5) is 0. The van der Waals surface area contributed by atoms with Crippen LogP contribution < -0.4 is 0 Å². The largest absolute Gasteiger partial charge is 0.388 e. The molecule has 0 amide bonds. The third kappa shape index (κ3) is 2.52. The highest BCUT2D eigenvalue weighted by Gasteiger charge is 2.44. The van der Waals surface area contributed by atoms with Gasteiger partial charge in [0.2, 0.25) is 0 Å². The zero-order valence-electron chi connectivity index (χ0n) is 10.7. The second-order valence-electron chi connectivity index (χ2n) is 5.72. The molecule has 2 unspecified atom stereocenters. The fourth-order valence-electron chi connectivity index (χ4n) is 3.28. The quantitative estimate of drug-likeness (QED) is 0.878. The summed E-state index contributed by atoms with van der Waals surface area (Å²) < 4.78 is 5.90. The predicted octanol–water partition coefficient (Wildman–Crippen LogP) is 4.38. The van der Waals surface area contributed by atoms with Crippen molar-refractivity contribution in [2.45, 2.75) is 43.8 Å². The molecule has 1 heterocycles. The van der Waals surface area contributed by atoms with Crippen LogP contribution >= 0.6 is 23.2 Å². The normalized spacial score (nSPS) is 27.0. The Morgan fingerprint density at radius 2 is 1.95 bits per heavy atom. The third-order valence-corrected chi connectivity index (χ3v) is 5.20. The number of halogens is 2. The Morgan fingerprint density at radius 1 is 1.26 bits per heavy atom. The lowest BCUT2D eigenvalue weighted by Gasteiger charge is -2.48. The lowest BCUT2D eigenvalue weighted by atomic mass is 9.70. The molecule has 3 rings (SSSR count). The third-order valence-electron chi connectivity index (χ3n) is 4.54. The van der Waals surface area contributed by atoms with Crippen LogP contribution in [0.1, 0.15) is 43.8 Å². The molecule has 1 saturated heterocycles. The Labute approximate surface area is 123 Å². The van der Waals surface area contributed by atoms with Gasteiger partial charge in [0.1, 0.15) is 0 Å². The summed E-state index contributed by atoms with van der Waals surface area (Å²) in [5, 5.41) is 11.7. The Morgan fingerprint density at radius 3 is 2.53 bits per heavy atom. The minimum Gasteiger partial charge on any atom is -0.388 e. The van der Waals surface area contributed by atoms with Gasteiger partial charge in [-0.25, -0.2) is 0 Å². The Bertz CT molecular complexity index is 451. The zero-order valence-corrected chi connectivity index (χ0v) is 12.3. The van der Waals surface area contributed by atoms with Crippen molar-refractivity contribution in [2.24, 2.45) is 5.92 Å². The van der Waals surface area contributed by atoms with Crippen LogP contribution in [0.3, 0.4) is 0 Å². The van der Waals surface area contributed by atoms with Crippen LogP contribution in [-0.4, -0.2) is 17.3 Å². The van der Waals surface area contributed by atoms with Crippen LogP contribution in [0.15, 0.2) is 18.2 Å². The van der Waals surface area contributed by atoms with E-state index in [0.717, 1.165) is 32.3 Å². The Balaban J connectivity index is 1.81. The molecule has 104 valence electrons. The number of rotatable bonds is 2. The maximum Gasteiger partial charge on any atom is 0.0849 e. The van der Waals surface area contributed by atoms with Crippen molar-refractivity contribution in [1.29, 1.82) is 0 Å². The van der Waals surface area contributed by atoms with E-state index in [1.54, 1.807) is 18.2 Å². The first-order chi connectivity index (χ1) is 9.11. The second-order valence-corrected chi connectivity index (χ2v) is 6.53. The number of aliphatic hydroxyl groups is 1. The van der Waals surface area contributed by atoms with E-state index in [9.17, 15) is 5.11 Å². The average Bonchev–Trinajstić information content (AvgIpc) is 2.37. The van der Waals surface area contributed by atoms with Crippen molar-refractivity contribution in [3.63, 3.8) is 0 Å². The highest BCUT2D eigenvalue weighted by molar-refractivity contribution is 6.36. The highest BCUT2D eigenvalue weighted by Crippen LogP contribution is 2.48. The summed E-state index contributed by atoms with van der Waals surface area (Å²) in [5.74, 6) is 0.187. The SMILES string of the molecule is OC(c1c(Cl)cccc1Cl)C1CCOC2(CCC2)C1. The van der Waals surface area contributed by atoms with Crippen LogP contribution in [0, 0.1) is 5.92 Å². The smallest absolute Gasteiger partial charge is 0.0849 e. The fraction of sp³-hybridized carbons (Fsp3) is 0.600. The summed E-state index contributed by atoms with van der Waals surface area (Å²) in [7, 11) is 0. The minimum absolute atomic E-state index is 0.0254. The van der Waals surface area contributed by atoms with E-state index in [-0.39, 0.29) is 11.5 Å². The van der Waals surface area contributed by atoms with Gasteiger partial charge in [0.05, 0.1) is 11.7 Å². The molecule has 1 aromatic rings. The summed E-state index contributed by atoms with van der Waals surface area (Å²) in [5.41, 5.74) is 0.699. The first-order valence-electron chi connectivity index (χ1n) is 6.87. The van der Waals surface area contributed by atoms with Gasteiger partial charge in [0, 0.05) is 22.2 Å². The van der Waals surface area contributed by atoms with Crippen molar-refractivity contribution >= 4 is 23.2 Å². The van der Waals surface area contributed by atoms with Crippen molar-refractivity contribution in [2.75, 3.05) is 6.61 Å². The van der Waals surface area contributed by atoms with Gasteiger partial charge in [-0.1, -0.05) is 29.3 Å². The van der Waals surface area contributed by atoms with Gasteiger partial charge in [-0.2, -0.15) is 0 Å². The molecule has 0 aromatic heterocycles. The molecule has 2 atom stereocenters. The second kappa shape index (κ2) is 5.25. The van der Waals surface area contributed by atoms with Gasteiger partial charge in [0.25, 0.3) is 0 Å². The van der Waals surface area contributed by atoms with Gasteiger partial charge < -0.3 is 9.84 Å². The number of ether oxygens (including phenoxy) is 1. The molecular weight excluding hydrogens is 283 g/mol. The van der Waals surface area contributed by atoms with Crippen LogP contribution in [-0.2, 0) is 4.74 Å². The molecule has 2 aliphatic rings. The van der Waals surface area contributed by atoms with Gasteiger partial charge in [0.15, 0.2) is 0 Å². The summed E-state index contributed by atoms with van der Waals surface area (Å²) >= 11 is 12.4. The molecule has 1 saturated carbocycles. The number of aliphatic hydroxyl groups excluding tert-OH is 1. The first kappa shape index (κ1) is 13.7. The number of benzene rings is 1. The average molecular weight is 301 g/mol. The molecule has 2 fully saturated rings. The van der Waals surface area contributed by atoms with Gasteiger partial charge in [-0.3, -0.25) is 0 Å².